The van der Waals surface area contributed by atoms with Gasteiger partial charge in [0, 0.05) is 22.7 Å². The molecule has 0 saturated heterocycles. The molecule has 4 nitrogen and oxygen atoms in total. The molecule has 7 heteroatoms. The van der Waals surface area contributed by atoms with Crippen molar-refractivity contribution in [3.05, 3.63) is 64.9 Å². The smallest absolute Gasteiger partial charge is 0.191 e. The highest BCUT2D eigenvalue weighted by Crippen LogP contribution is 2.26. The number of carbonyl (C=O) groups is 1. The van der Waals surface area contributed by atoms with Crippen molar-refractivity contribution in [3.8, 4) is 11.4 Å². The summed E-state index contributed by atoms with van der Waals surface area (Å²) in [7, 11) is 0. The van der Waals surface area contributed by atoms with Crippen molar-refractivity contribution in [2.45, 2.75) is 18.6 Å². The summed E-state index contributed by atoms with van der Waals surface area (Å²) < 4.78 is 15.2. The second-order valence-corrected chi connectivity index (χ2v) is 6.66. The molecular formula is C18H15ClFN3OS. The second-order valence-electron chi connectivity index (χ2n) is 5.28. The highest BCUT2D eigenvalue weighted by molar-refractivity contribution is 7.99. The lowest BCUT2D eigenvalue weighted by atomic mass is 10.1. The third kappa shape index (κ3) is 4.08. The van der Waals surface area contributed by atoms with Gasteiger partial charge in [-0.05, 0) is 31.2 Å². The van der Waals surface area contributed by atoms with Crippen molar-refractivity contribution >= 4 is 29.1 Å². The van der Waals surface area contributed by atoms with Gasteiger partial charge < -0.3 is 4.57 Å². The lowest BCUT2D eigenvalue weighted by Gasteiger charge is -2.07. The fourth-order valence-corrected chi connectivity index (χ4v) is 3.48. The summed E-state index contributed by atoms with van der Waals surface area (Å²) in [6.45, 7) is 2.64. The standard InChI is InChI=1S/C18H15ClFN3OS/c1-2-23-17(13-6-3-7-14(19)9-13)21-22-18(23)25-11-16(24)12-5-4-8-15(20)10-12/h3-10H,2,11H2,1H3. The number of ketones is 1. The van der Waals surface area contributed by atoms with E-state index in [1.807, 2.05) is 29.7 Å². The Hall–Kier alpha value is -2.18. The van der Waals surface area contributed by atoms with Crippen LogP contribution >= 0.6 is 23.4 Å². The molecule has 0 atom stereocenters. The Kier molecular flexibility index (Phi) is 5.50. The molecule has 0 aliphatic heterocycles. The first-order valence-electron chi connectivity index (χ1n) is 7.69. The maximum absolute atomic E-state index is 13.2. The summed E-state index contributed by atoms with van der Waals surface area (Å²) in [4.78, 5) is 12.2. The first-order chi connectivity index (χ1) is 12.1. The van der Waals surface area contributed by atoms with Crippen molar-refractivity contribution in [1.82, 2.24) is 14.8 Å². The third-order valence-electron chi connectivity index (χ3n) is 3.59. The number of hydrogen-bond acceptors (Lipinski definition) is 4. The van der Waals surface area contributed by atoms with Gasteiger partial charge in [0.05, 0.1) is 5.75 Å². The Labute approximate surface area is 154 Å². The average molecular weight is 376 g/mol. The minimum Gasteiger partial charge on any atom is -0.302 e. The zero-order valence-electron chi connectivity index (χ0n) is 13.4. The predicted molar refractivity (Wildman–Crippen MR) is 97.6 cm³/mol. The van der Waals surface area contributed by atoms with Crippen LogP contribution in [0.25, 0.3) is 11.4 Å². The van der Waals surface area contributed by atoms with Gasteiger partial charge in [-0.2, -0.15) is 0 Å². The number of nitrogens with zero attached hydrogens (tertiary/aromatic N) is 3. The predicted octanol–water partition coefficient (Wildman–Crippen LogP) is 4.73. The molecule has 0 amide bonds. The number of aromatic nitrogens is 3. The highest BCUT2D eigenvalue weighted by Gasteiger charge is 2.15. The largest absolute Gasteiger partial charge is 0.302 e. The van der Waals surface area contributed by atoms with Crippen LogP contribution in [0.15, 0.2) is 53.7 Å². The first-order valence-corrected chi connectivity index (χ1v) is 9.05. The van der Waals surface area contributed by atoms with E-state index in [1.54, 1.807) is 12.1 Å². The van der Waals surface area contributed by atoms with E-state index in [2.05, 4.69) is 10.2 Å². The Morgan fingerprint density at radius 1 is 1.20 bits per heavy atom. The van der Waals surface area contributed by atoms with Crippen LogP contribution in [0.1, 0.15) is 17.3 Å². The molecule has 0 fully saturated rings. The van der Waals surface area contributed by atoms with Crippen molar-refractivity contribution in [2.75, 3.05) is 5.75 Å². The highest BCUT2D eigenvalue weighted by atomic mass is 35.5. The van der Waals surface area contributed by atoms with Crippen LogP contribution in [-0.2, 0) is 6.54 Å². The summed E-state index contributed by atoms with van der Waals surface area (Å²) in [5.41, 5.74) is 1.22. The molecule has 1 aromatic heterocycles. The van der Waals surface area contributed by atoms with Crippen molar-refractivity contribution in [2.24, 2.45) is 0 Å². The van der Waals surface area contributed by atoms with Crippen molar-refractivity contribution in [3.63, 3.8) is 0 Å². The van der Waals surface area contributed by atoms with Gasteiger partial charge in [-0.15, -0.1) is 10.2 Å². The molecule has 0 saturated carbocycles. The summed E-state index contributed by atoms with van der Waals surface area (Å²) in [6.07, 6.45) is 0. The topological polar surface area (TPSA) is 47.8 Å². The fourth-order valence-electron chi connectivity index (χ4n) is 2.40. The zero-order chi connectivity index (χ0) is 17.8. The Morgan fingerprint density at radius 2 is 2.00 bits per heavy atom. The second kappa shape index (κ2) is 7.80. The van der Waals surface area contributed by atoms with Crippen LogP contribution in [0.3, 0.4) is 0 Å². The number of benzene rings is 2. The maximum Gasteiger partial charge on any atom is 0.191 e. The molecule has 3 aromatic rings. The van der Waals surface area contributed by atoms with Gasteiger partial charge in [-0.3, -0.25) is 4.79 Å². The molecule has 25 heavy (non-hydrogen) atoms. The quantitative estimate of drug-likeness (QED) is 0.461. The molecule has 3 rings (SSSR count). The van der Waals surface area contributed by atoms with Crippen LogP contribution in [0, 0.1) is 5.82 Å². The Morgan fingerprint density at radius 3 is 2.72 bits per heavy atom. The SMILES string of the molecule is CCn1c(SCC(=O)c2cccc(F)c2)nnc1-c1cccc(Cl)c1. The van der Waals surface area contributed by atoms with E-state index in [0.29, 0.717) is 28.1 Å². The molecule has 0 spiro atoms. The summed E-state index contributed by atoms with van der Waals surface area (Å²) in [5, 5.41) is 9.67. The molecule has 0 aliphatic rings. The van der Waals surface area contributed by atoms with Gasteiger partial charge in [0.15, 0.2) is 16.8 Å². The molecule has 0 bridgehead atoms. The summed E-state index contributed by atoms with van der Waals surface area (Å²) in [5.74, 6) is 0.290. The van der Waals surface area contributed by atoms with E-state index in [1.165, 1.54) is 30.0 Å². The lowest BCUT2D eigenvalue weighted by molar-refractivity contribution is 0.102. The van der Waals surface area contributed by atoms with E-state index < -0.39 is 5.82 Å². The van der Waals surface area contributed by atoms with Crippen LogP contribution in [0.5, 0.6) is 0 Å². The maximum atomic E-state index is 13.2. The van der Waals surface area contributed by atoms with Gasteiger partial charge >= 0.3 is 0 Å². The van der Waals surface area contributed by atoms with E-state index in [9.17, 15) is 9.18 Å². The number of rotatable bonds is 6. The summed E-state index contributed by atoms with van der Waals surface area (Å²) >= 11 is 7.33. The van der Waals surface area contributed by atoms with E-state index >= 15 is 0 Å². The van der Waals surface area contributed by atoms with Gasteiger partial charge in [0.2, 0.25) is 0 Å². The van der Waals surface area contributed by atoms with Gasteiger partial charge in [-0.1, -0.05) is 47.6 Å². The number of Topliss-reactive ketones (excluding diaryl/α,β-unsaturated/α-hetero) is 1. The van der Waals surface area contributed by atoms with Crippen LogP contribution in [0.2, 0.25) is 5.02 Å². The molecule has 1 heterocycles. The fraction of sp³-hybridized carbons (Fsp3) is 0.167. The molecule has 128 valence electrons. The van der Waals surface area contributed by atoms with Crippen LogP contribution in [0.4, 0.5) is 4.39 Å². The Balaban J connectivity index is 1.78. The zero-order valence-corrected chi connectivity index (χ0v) is 15.0. The monoisotopic (exact) mass is 375 g/mol. The van der Waals surface area contributed by atoms with Crippen LogP contribution < -0.4 is 0 Å². The molecular weight excluding hydrogens is 361 g/mol. The van der Waals surface area contributed by atoms with Crippen molar-refractivity contribution < 1.29 is 9.18 Å². The first kappa shape index (κ1) is 17.6. The number of halogens is 2. The van der Waals surface area contributed by atoms with Gasteiger partial charge in [0.1, 0.15) is 5.82 Å². The van der Waals surface area contributed by atoms with E-state index in [0.717, 1.165) is 5.56 Å². The molecule has 0 unspecified atom stereocenters. The van der Waals surface area contributed by atoms with Crippen LogP contribution in [-0.4, -0.2) is 26.3 Å². The Bertz CT molecular complexity index is 913. The van der Waals surface area contributed by atoms with E-state index in [-0.39, 0.29) is 11.5 Å². The van der Waals surface area contributed by atoms with E-state index in [4.69, 9.17) is 11.6 Å². The molecule has 2 aromatic carbocycles. The number of hydrogen-bond donors (Lipinski definition) is 0. The minimum atomic E-state index is -0.421. The molecule has 0 aliphatic carbocycles. The normalized spacial score (nSPS) is 10.8. The third-order valence-corrected chi connectivity index (χ3v) is 4.80. The lowest BCUT2D eigenvalue weighted by Crippen LogP contribution is -2.05. The average Bonchev–Trinajstić information content (AvgIpc) is 3.02. The molecule has 0 radical (unpaired) electrons. The number of thioether (sulfide) groups is 1. The van der Waals surface area contributed by atoms with Gasteiger partial charge in [-0.25, -0.2) is 4.39 Å². The summed E-state index contributed by atoms with van der Waals surface area (Å²) in [6, 6.07) is 13.1. The number of carbonyl (C=O) groups excluding carboxylic acids is 1. The molecule has 0 N–H and O–H groups in total. The van der Waals surface area contributed by atoms with Crippen molar-refractivity contribution in [1.29, 1.82) is 0 Å². The minimum absolute atomic E-state index is 0.153. The van der Waals surface area contributed by atoms with Gasteiger partial charge in [0.25, 0.3) is 0 Å².